The van der Waals surface area contributed by atoms with Crippen molar-refractivity contribution in [1.29, 1.82) is 0 Å². The molecule has 0 spiro atoms. The van der Waals surface area contributed by atoms with E-state index in [0.29, 0.717) is 12.4 Å². The van der Waals surface area contributed by atoms with Crippen molar-refractivity contribution in [3.8, 4) is 5.75 Å². The van der Waals surface area contributed by atoms with E-state index in [1.54, 1.807) is 0 Å². The van der Waals surface area contributed by atoms with Gasteiger partial charge in [-0.15, -0.1) is 0 Å². The average molecular weight is 335 g/mol. The normalized spacial score (nSPS) is 10.6. The SMILES string of the molecule is CCCCCc1cccc(OC(=O)OCCCC)c1CCCCC. The lowest BCUT2D eigenvalue weighted by molar-refractivity contribution is 0.0974. The minimum Gasteiger partial charge on any atom is -0.434 e. The molecule has 0 unspecified atom stereocenters. The Kier molecular flexibility index (Phi) is 11.0. The van der Waals surface area contributed by atoms with Crippen LogP contribution in [0.5, 0.6) is 5.75 Å². The van der Waals surface area contributed by atoms with Crippen LogP contribution in [0.4, 0.5) is 4.79 Å². The summed E-state index contributed by atoms with van der Waals surface area (Å²) < 4.78 is 10.7. The number of carbonyl (C=O) groups excluding carboxylic acids is 1. The summed E-state index contributed by atoms with van der Waals surface area (Å²) in [6.45, 7) is 6.92. The van der Waals surface area contributed by atoms with E-state index < -0.39 is 6.16 Å². The highest BCUT2D eigenvalue weighted by molar-refractivity contribution is 5.65. The van der Waals surface area contributed by atoms with Crippen LogP contribution in [-0.2, 0) is 17.6 Å². The molecule has 0 N–H and O–H groups in total. The first-order valence-corrected chi connectivity index (χ1v) is 9.68. The van der Waals surface area contributed by atoms with Crippen LogP contribution in [0.3, 0.4) is 0 Å². The summed E-state index contributed by atoms with van der Waals surface area (Å²) >= 11 is 0. The third kappa shape index (κ3) is 7.85. The molecule has 0 bridgehead atoms. The third-order valence-corrected chi connectivity index (χ3v) is 4.22. The van der Waals surface area contributed by atoms with Gasteiger partial charge in [0.05, 0.1) is 6.61 Å². The van der Waals surface area contributed by atoms with Gasteiger partial charge in [-0.3, -0.25) is 0 Å². The van der Waals surface area contributed by atoms with Crippen molar-refractivity contribution in [2.75, 3.05) is 6.61 Å². The maximum Gasteiger partial charge on any atom is 0.513 e. The fourth-order valence-corrected chi connectivity index (χ4v) is 2.76. The number of aryl methyl sites for hydroxylation is 1. The van der Waals surface area contributed by atoms with Gasteiger partial charge in [-0.05, 0) is 49.3 Å². The van der Waals surface area contributed by atoms with E-state index in [2.05, 4.69) is 26.8 Å². The molecule has 0 atom stereocenters. The Labute approximate surface area is 147 Å². The zero-order valence-corrected chi connectivity index (χ0v) is 15.7. The number of benzene rings is 1. The van der Waals surface area contributed by atoms with Crippen LogP contribution >= 0.6 is 0 Å². The van der Waals surface area contributed by atoms with Gasteiger partial charge in [0.2, 0.25) is 0 Å². The minimum absolute atomic E-state index is 0.427. The Bertz CT molecular complexity index is 468. The molecule has 0 heterocycles. The minimum atomic E-state index is -0.578. The molecule has 0 saturated carbocycles. The third-order valence-electron chi connectivity index (χ3n) is 4.22. The lowest BCUT2D eigenvalue weighted by Gasteiger charge is -2.15. The van der Waals surface area contributed by atoms with Gasteiger partial charge in [-0.1, -0.05) is 65.0 Å². The van der Waals surface area contributed by atoms with E-state index >= 15 is 0 Å². The topological polar surface area (TPSA) is 35.5 Å². The van der Waals surface area contributed by atoms with Crippen LogP contribution in [0.1, 0.15) is 83.3 Å². The van der Waals surface area contributed by atoms with Crippen molar-refractivity contribution in [2.24, 2.45) is 0 Å². The van der Waals surface area contributed by atoms with Crippen LogP contribution < -0.4 is 4.74 Å². The van der Waals surface area contributed by atoms with Gasteiger partial charge >= 0.3 is 6.16 Å². The second kappa shape index (κ2) is 12.9. The quantitative estimate of drug-likeness (QED) is 0.250. The number of carbonyl (C=O) groups is 1. The van der Waals surface area contributed by atoms with Crippen molar-refractivity contribution < 1.29 is 14.3 Å². The second-order valence-corrected chi connectivity index (χ2v) is 6.36. The number of ether oxygens (including phenoxy) is 2. The molecule has 24 heavy (non-hydrogen) atoms. The Balaban J connectivity index is 2.78. The average Bonchev–Trinajstić information content (AvgIpc) is 2.57. The predicted molar refractivity (Wildman–Crippen MR) is 99.8 cm³/mol. The number of hydrogen-bond acceptors (Lipinski definition) is 3. The smallest absolute Gasteiger partial charge is 0.434 e. The van der Waals surface area contributed by atoms with Gasteiger partial charge in [0.15, 0.2) is 0 Å². The molecular weight excluding hydrogens is 300 g/mol. The van der Waals surface area contributed by atoms with Gasteiger partial charge in [-0.2, -0.15) is 0 Å². The van der Waals surface area contributed by atoms with Gasteiger partial charge in [0.25, 0.3) is 0 Å². The summed E-state index contributed by atoms with van der Waals surface area (Å²) in [6.07, 6.45) is 10.5. The van der Waals surface area contributed by atoms with E-state index in [1.807, 2.05) is 12.1 Å². The summed E-state index contributed by atoms with van der Waals surface area (Å²) in [5.41, 5.74) is 2.51. The maximum absolute atomic E-state index is 11.9. The summed E-state index contributed by atoms with van der Waals surface area (Å²) in [5.74, 6) is 0.682. The van der Waals surface area contributed by atoms with Crippen molar-refractivity contribution in [3.63, 3.8) is 0 Å². The Morgan fingerprint density at radius 2 is 1.54 bits per heavy atom. The summed E-state index contributed by atoms with van der Waals surface area (Å²) in [6, 6.07) is 6.05. The van der Waals surface area contributed by atoms with E-state index in [4.69, 9.17) is 9.47 Å². The molecule has 0 aliphatic heterocycles. The van der Waals surface area contributed by atoms with Crippen LogP contribution in [0.15, 0.2) is 18.2 Å². The second-order valence-electron chi connectivity index (χ2n) is 6.36. The van der Waals surface area contributed by atoms with Crippen molar-refractivity contribution in [3.05, 3.63) is 29.3 Å². The molecule has 136 valence electrons. The molecule has 0 radical (unpaired) electrons. The molecule has 0 saturated heterocycles. The van der Waals surface area contributed by atoms with E-state index in [-0.39, 0.29) is 0 Å². The zero-order chi connectivity index (χ0) is 17.6. The van der Waals surface area contributed by atoms with Crippen molar-refractivity contribution in [1.82, 2.24) is 0 Å². The van der Waals surface area contributed by atoms with Gasteiger partial charge in [0, 0.05) is 0 Å². The molecule has 0 aliphatic carbocycles. The molecule has 0 aliphatic rings. The first kappa shape index (κ1) is 20.5. The molecule has 1 aromatic carbocycles. The Hall–Kier alpha value is -1.51. The Morgan fingerprint density at radius 3 is 2.21 bits per heavy atom. The molecular formula is C21H34O3. The van der Waals surface area contributed by atoms with Gasteiger partial charge in [-0.25, -0.2) is 4.79 Å². The molecule has 0 aromatic heterocycles. The van der Waals surface area contributed by atoms with Crippen LogP contribution in [0.25, 0.3) is 0 Å². The van der Waals surface area contributed by atoms with Gasteiger partial charge in [0.1, 0.15) is 5.75 Å². The highest BCUT2D eigenvalue weighted by Crippen LogP contribution is 2.27. The van der Waals surface area contributed by atoms with Crippen LogP contribution in [-0.4, -0.2) is 12.8 Å². The molecule has 3 nitrogen and oxygen atoms in total. The first-order chi connectivity index (χ1) is 11.7. The van der Waals surface area contributed by atoms with Crippen molar-refractivity contribution in [2.45, 2.75) is 85.0 Å². The first-order valence-electron chi connectivity index (χ1n) is 9.68. The van der Waals surface area contributed by atoms with E-state index in [0.717, 1.165) is 32.1 Å². The fourth-order valence-electron chi connectivity index (χ4n) is 2.76. The lowest BCUT2D eigenvalue weighted by Crippen LogP contribution is -2.13. The zero-order valence-electron chi connectivity index (χ0n) is 15.7. The molecule has 1 rings (SSSR count). The fraction of sp³-hybridized carbons (Fsp3) is 0.667. The molecule has 1 aromatic rings. The number of rotatable bonds is 12. The number of hydrogen-bond donors (Lipinski definition) is 0. The highest BCUT2D eigenvalue weighted by atomic mass is 16.7. The van der Waals surface area contributed by atoms with Crippen LogP contribution in [0, 0.1) is 0 Å². The van der Waals surface area contributed by atoms with E-state index in [9.17, 15) is 4.79 Å². The van der Waals surface area contributed by atoms with Crippen LogP contribution in [0.2, 0.25) is 0 Å². The Morgan fingerprint density at radius 1 is 0.875 bits per heavy atom. The summed E-state index contributed by atoms with van der Waals surface area (Å²) in [4.78, 5) is 11.9. The monoisotopic (exact) mass is 334 g/mol. The lowest BCUT2D eigenvalue weighted by atomic mass is 9.96. The highest BCUT2D eigenvalue weighted by Gasteiger charge is 2.13. The van der Waals surface area contributed by atoms with E-state index in [1.165, 1.54) is 43.2 Å². The molecule has 0 amide bonds. The predicted octanol–water partition coefficient (Wildman–Crippen LogP) is 6.47. The maximum atomic E-state index is 11.9. The largest absolute Gasteiger partial charge is 0.513 e. The standard InChI is InChI=1S/C21H34O3/c1-4-7-10-13-18-14-12-16-20(19(18)15-11-8-5-2)24-21(22)23-17-9-6-3/h12,14,16H,4-11,13,15,17H2,1-3H3. The van der Waals surface area contributed by atoms with Gasteiger partial charge < -0.3 is 9.47 Å². The van der Waals surface area contributed by atoms with Crippen molar-refractivity contribution >= 4 is 6.16 Å². The number of unbranched alkanes of at least 4 members (excludes halogenated alkanes) is 5. The molecule has 0 fully saturated rings. The summed E-state index contributed by atoms with van der Waals surface area (Å²) in [7, 11) is 0. The molecule has 3 heteroatoms. The summed E-state index contributed by atoms with van der Waals surface area (Å²) in [5, 5.41) is 0.